The SMILES string of the molecule is CCCN1C(=O)CC(N(C)CC(=O)O)C1=O. The van der Waals surface area contributed by atoms with Crippen LogP contribution < -0.4 is 0 Å². The number of rotatable bonds is 5. The van der Waals surface area contributed by atoms with Crippen LogP contribution in [0, 0.1) is 0 Å². The van der Waals surface area contributed by atoms with Crippen LogP contribution in [0.5, 0.6) is 0 Å². The van der Waals surface area contributed by atoms with Gasteiger partial charge in [0.2, 0.25) is 11.8 Å². The molecule has 1 heterocycles. The topological polar surface area (TPSA) is 77.9 Å². The Morgan fingerprint density at radius 1 is 1.56 bits per heavy atom. The predicted octanol–water partition coefficient (Wildman–Crippen LogP) is -0.460. The van der Waals surface area contributed by atoms with Crippen molar-refractivity contribution in [2.24, 2.45) is 0 Å². The van der Waals surface area contributed by atoms with E-state index < -0.39 is 12.0 Å². The maximum absolute atomic E-state index is 11.8. The van der Waals surface area contributed by atoms with Gasteiger partial charge in [-0.15, -0.1) is 0 Å². The first-order chi connectivity index (χ1) is 7.47. The second-order valence-corrected chi connectivity index (χ2v) is 3.91. The molecule has 6 nitrogen and oxygen atoms in total. The van der Waals surface area contributed by atoms with Crippen LogP contribution in [0.1, 0.15) is 19.8 Å². The van der Waals surface area contributed by atoms with E-state index in [0.717, 1.165) is 0 Å². The van der Waals surface area contributed by atoms with Crippen LogP contribution in [0.3, 0.4) is 0 Å². The molecular weight excluding hydrogens is 212 g/mol. The fourth-order valence-corrected chi connectivity index (χ4v) is 1.79. The van der Waals surface area contributed by atoms with Crippen molar-refractivity contribution in [1.29, 1.82) is 0 Å². The summed E-state index contributed by atoms with van der Waals surface area (Å²) in [5, 5.41) is 8.61. The molecule has 2 amide bonds. The first-order valence-corrected chi connectivity index (χ1v) is 5.23. The summed E-state index contributed by atoms with van der Waals surface area (Å²) in [5.74, 6) is -1.50. The lowest BCUT2D eigenvalue weighted by molar-refractivity contribution is -0.140. The maximum atomic E-state index is 11.8. The number of amides is 2. The Balaban J connectivity index is 2.67. The monoisotopic (exact) mass is 228 g/mol. The van der Waals surface area contributed by atoms with Crippen LogP contribution in [0.25, 0.3) is 0 Å². The van der Waals surface area contributed by atoms with E-state index in [4.69, 9.17) is 5.11 Å². The number of hydrogen-bond acceptors (Lipinski definition) is 4. The summed E-state index contributed by atoms with van der Waals surface area (Å²) >= 11 is 0. The standard InChI is InChI=1S/C10H16N2O4/c1-3-4-12-8(13)5-7(10(12)16)11(2)6-9(14)15/h7H,3-6H2,1-2H3,(H,14,15). The smallest absolute Gasteiger partial charge is 0.317 e. The summed E-state index contributed by atoms with van der Waals surface area (Å²) in [6.45, 7) is 2.06. The summed E-state index contributed by atoms with van der Waals surface area (Å²) in [6.07, 6.45) is 0.801. The number of hydrogen-bond donors (Lipinski definition) is 1. The zero-order valence-electron chi connectivity index (χ0n) is 9.47. The molecular formula is C10H16N2O4. The fraction of sp³-hybridized carbons (Fsp3) is 0.700. The third-order valence-electron chi connectivity index (χ3n) is 2.58. The highest BCUT2D eigenvalue weighted by atomic mass is 16.4. The molecule has 1 aliphatic heterocycles. The highest BCUT2D eigenvalue weighted by molar-refractivity contribution is 6.05. The number of carboxylic acids is 1. The van der Waals surface area contributed by atoms with E-state index in [1.807, 2.05) is 6.92 Å². The molecule has 0 aromatic rings. The van der Waals surface area contributed by atoms with Crippen LogP contribution in [-0.2, 0) is 14.4 Å². The van der Waals surface area contributed by atoms with Gasteiger partial charge < -0.3 is 5.11 Å². The molecule has 1 N–H and O–H groups in total. The molecule has 1 fully saturated rings. The molecule has 0 aliphatic carbocycles. The van der Waals surface area contributed by atoms with Crippen LogP contribution in [0.4, 0.5) is 0 Å². The lowest BCUT2D eigenvalue weighted by atomic mass is 10.2. The van der Waals surface area contributed by atoms with Gasteiger partial charge in [0, 0.05) is 6.54 Å². The molecule has 0 radical (unpaired) electrons. The zero-order chi connectivity index (χ0) is 12.3. The Morgan fingerprint density at radius 2 is 2.19 bits per heavy atom. The minimum absolute atomic E-state index is 0.0859. The average molecular weight is 228 g/mol. The Bertz CT molecular complexity index is 316. The zero-order valence-corrected chi connectivity index (χ0v) is 9.47. The van der Waals surface area contributed by atoms with Gasteiger partial charge in [0.25, 0.3) is 0 Å². The van der Waals surface area contributed by atoms with Gasteiger partial charge in [-0.2, -0.15) is 0 Å². The molecule has 6 heteroatoms. The lowest BCUT2D eigenvalue weighted by Crippen LogP contribution is -2.42. The Labute approximate surface area is 93.8 Å². The van der Waals surface area contributed by atoms with Crippen LogP contribution in [-0.4, -0.2) is 58.9 Å². The Kier molecular flexibility index (Phi) is 4.00. The number of likely N-dealkylation sites (tertiary alicyclic amines) is 1. The van der Waals surface area contributed by atoms with Crippen molar-refractivity contribution in [2.45, 2.75) is 25.8 Å². The van der Waals surface area contributed by atoms with Crippen LogP contribution in [0.2, 0.25) is 0 Å². The van der Waals surface area contributed by atoms with E-state index in [2.05, 4.69) is 0 Å². The highest BCUT2D eigenvalue weighted by Crippen LogP contribution is 2.17. The van der Waals surface area contributed by atoms with Crippen molar-refractivity contribution >= 4 is 17.8 Å². The number of carboxylic acid groups (broad SMARTS) is 1. The third-order valence-corrected chi connectivity index (χ3v) is 2.58. The van der Waals surface area contributed by atoms with Crippen molar-refractivity contribution in [2.75, 3.05) is 20.1 Å². The first-order valence-electron chi connectivity index (χ1n) is 5.23. The quantitative estimate of drug-likeness (QED) is 0.644. The van der Waals surface area contributed by atoms with Gasteiger partial charge in [0.1, 0.15) is 0 Å². The Hall–Kier alpha value is -1.43. The molecule has 90 valence electrons. The van der Waals surface area contributed by atoms with E-state index in [9.17, 15) is 14.4 Å². The summed E-state index contributed by atoms with van der Waals surface area (Å²) in [5.41, 5.74) is 0. The highest BCUT2D eigenvalue weighted by Gasteiger charge is 2.40. The molecule has 0 bridgehead atoms. The van der Waals surface area contributed by atoms with Crippen LogP contribution in [0.15, 0.2) is 0 Å². The van der Waals surface area contributed by atoms with Gasteiger partial charge in [0.05, 0.1) is 19.0 Å². The van der Waals surface area contributed by atoms with E-state index >= 15 is 0 Å². The first kappa shape index (κ1) is 12.6. The van der Waals surface area contributed by atoms with E-state index in [0.29, 0.717) is 13.0 Å². The fourth-order valence-electron chi connectivity index (χ4n) is 1.79. The number of likely N-dealkylation sites (N-methyl/N-ethyl adjacent to an activating group) is 1. The molecule has 0 spiro atoms. The molecule has 0 aromatic heterocycles. The lowest BCUT2D eigenvalue weighted by Gasteiger charge is -2.20. The maximum Gasteiger partial charge on any atom is 0.317 e. The second kappa shape index (κ2) is 5.07. The molecule has 1 unspecified atom stereocenters. The predicted molar refractivity (Wildman–Crippen MR) is 55.7 cm³/mol. The van der Waals surface area contributed by atoms with E-state index in [-0.39, 0.29) is 24.8 Å². The van der Waals surface area contributed by atoms with Crippen molar-refractivity contribution in [3.8, 4) is 0 Å². The average Bonchev–Trinajstić information content (AvgIpc) is 2.45. The van der Waals surface area contributed by atoms with Crippen molar-refractivity contribution in [3.63, 3.8) is 0 Å². The normalized spacial score (nSPS) is 20.9. The molecule has 1 aliphatic rings. The van der Waals surface area contributed by atoms with Crippen LogP contribution >= 0.6 is 0 Å². The molecule has 16 heavy (non-hydrogen) atoms. The third kappa shape index (κ3) is 2.57. The van der Waals surface area contributed by atoms with E-state index in [1.165, 1.54) is 9.80 Å². The molecule has 0 aromatic carbocycles. The number of aliphatic carboxylic acids is 1. The number of imide groups is 1. The molecule has 1 saturated heterocycles. The minimum Gasteiger partial charge on any atom is -0.480 e. The molecule has 1 atom stereocenters. The van der Waals surface area contributed by atoms with Gasteiger partial charge in [-0.05, 0) is 13.5 Å². The number of carbonyl (C=O) groups is 3. The summed E-state index contributed by atoms with van der Waals surface area (Å²) in [4.78, 5) is 36.4. The van der Waals surface area contributed by atoms with E-state index in [1.54, 1.807) is 7.05 Å². The molecule has 0 saturated carbocycles. The van der Waals surface area contributed by atoms with Crippen molar-refractivity contribution < 1.29 is 19.5 Å². The minimum atomic E-state index is -1.00. The van der Waals surface area contributed by atoms with Crippen molar-refractivity contribution in [1.82, 2.24) is 9.80 Å². The summed E-state index contributed by atoms with van der Waals surface area (Å²) < 4.78 is 0. The number of carbonyl (C=O) groups excluding carboxylic acids is 2. The van der Waals surface area contributed by atoms with Crippen molar-refractivity contribution in [3.05, 3.63) is 0 Å². The number of nitrogens with zero attached hydrogens (tertiary/aromatic N) is 2. The molecule has 1 rings (SSSR count). The van der Waals surface area contributed by atoms with Gasteiger partial charge >= 0.3 is 5.97 Å². The largest absolute Gasteiger partial charge is 0.480 e. The Morgan fingerprint density at radius 3 is 2.69 bits per heavy atom. The summed E-state index contributed by atoms with van der Waals surface area (Å²) in [6, 6.07) is -0.616. The van der Waals surface area contributed by atoms with Gasteiger partial charge in [-0.25, -0.2) is 0 Å². The van der Waals surface area contributed by atoms with Gasteiger partial charge in [0.15, 0.2) is 0 Å². The second-order valence-electron chi connectivity index (χ2n) is 3.91. The van der Waals surface area contributed by atoms with Gasteiger partial charge in [-0.3, -0.25) is 24.2 Å². The summed E-state index contributed by atoms with van der Waals surface area (Å²) in [7, 11) is 1.54. The van der Waals surface area contributed by atoms with Gasteiger partial charge in [-0.1, -0.05) is 6.92 Å².